The van der Waals surface area contributed by atoms with Crippen LogP contribution in [0.4, 0.5) is 14.5 Å². The Kier molecular flexibility index (Phi) is 3.96. The van der Waals surface area contributed by atoms with Crippen molar-refractivity contribution in [3.63, 3.8) is 0 Å². The summed E-state index contributed by atoms with van der Waals surface area (Å²) < 4.78 is 52.2. The summed E-state index contributed by atoms with van der Waals surface area (Å²) >= 11 is 5.88. The molecule has 0 aliphatic heterocycles. The second-order valence-electron chi connectivity index (χ2n) is 4.17. The highest BCUT2D eigenvalue weighted by Crippen LogP contribution is 2.25. The van der Waals surface area contributed by atoms with Crippen molar-refractivity contribution in [2.24, 2.45) is 0 Å². The Morgan fingerprint density at radius 2 is 1.75 bits per heavy atom. The SMILES string of the molecule is Cc1ccc(S(=O)(=O)Nc2ccc(F)c(F)c2)c(Cl)c1. The molecule has 0 aliphatic carbocycles. The van der Waals surface area contributed by atoms with E-state index in [2.05, 4.69) is 4.72 Å². The van der Waals surface area contributed by atoms with E-state index >= 15 is 0 Å². The minimum atomic E-state index is -3.96. The van der Waals surface area contributed by atoms with Gasteiger partial charge >= 0.3 is 0 Å². The molecule has 3 nitrogen and oxygen atoms in total. The number of rotatable bonds is 3. The predicted octanol–water partition coefficient (Wildman–Crippen LogP) is 3.73. The zero-order valence-corrected chi connectivity index (χ0v) is 11.9. The summed E-state index contributed by atoms with van der Waals surface area (Å²) in [7, 11) is -3.96. The third-order valence-corrected chi connectivity index (χ3v) is 4.41. The Hall–Kier alpha value is -1.66. The molecule has 0 atom stereocenters. The van der Waals surface area contributed by atoms with Crippen LogP contribution < -0.4 is 4.72 Å². The Bertz CT molecular complexity index is 763. The molecule has 2 aromatic rings. The third kappa shape index (κ3) is 3.08. The Balaban J connectivity index is 2.38. The molecule has 7 heteroatoms. The lowest BCUT2D eigenvalue weighted by atomic mass is 10.2. The van der Waals surface area contributed by atoms with Crippen LogP contribution >= 0.6 is 11.6 Å². The van der Waals surface area contributed by atoms with Gasteiger partial charge in [0.1, 0.15) is 4.90 Å². The van der Waals surface area contributed by atoms with Crippen molar-refractivity contribution in [3.8, 4) is 0 Å². The smallest absolute Gasteiger partial charge is 0.263 e. The highest BCUT2D eigenvalue weighted by atomic mass is 35.5. The molecule has 0 spiro atoms. The van der Waals surface area contributed by atoms with E-state index in [1.807, 2.05) is 0 Å². The molecule has 0 bridgehead atoms. The van der Waals surface area contributed by atoms with Crippen LogP contribution in [0.2, 0.25) is 5.02 Å². The molecule has 2 rings (SSSR count). The molecule has 0 amide bonds. The average molecular weight is 318 g/mol. The minimum absolute atomic E-state index is 0.0556. The Labute approximate surface area is 120 Å². The summed E-state index contributed by atoms with van der Waals surface area (Å²) in [6.07, 6.45) is 0. The number of nitrogens with one attached hydrogen (secondary N) is 1. The number of benzene rings is 2. The molecule has 1 N–H and O–H groups in total. The van der Waals surface area contributed by atoms with Crippen LogP contribution in [0.1, 0.15) is 5.56 Å². The second-order valence-corrected chi connectivity index (χ2v) is 6.23. The van der Waals surface area contributed by atoms with Gasteiger partial charge in [0.15, 0.2) is 11.6 Å². The summed E-state index contributed by atoms with van der Waals surface area (Å²) in [6, 6.07) is 7.16. The maximum atomic E-state index is 13.1. The van der Waals surface area contributed by atoms with Crippen molar-refractivity contribution in [1.82, 2.24) is 0 Å². The normalized spacial score (nSPS) is 11.4. The summed E-state index contributed by atoms with van der Waals surface area (Å²) in [5.41, 5.74) is 0.724. The molecule has 0 aromatic heterocycles. The summed E-state index contributed by atoms with van der Waals surface area (Å²) in [5, 5.41) is 0.0556. The van der Waals surface area contributed by atoms with E-state index in [0.717, 1.165) is 23.8 Å². The van der Waals surface area contributed by atoms with Gasteiger partial charge in [0, 0.05) is 6.07 Å². The van der Waals surface area contributed by atoms with Crippen LogP contribution in [-0.4, -0.2) is 8.42 Å². The predicted molar refractivity (Wildman–Crippen MR) is 73.4 cm³/mol. The van der Waals surface area contributed by atoms with Gasteiger partial charge in [0.25, 0.3) is 10.0 Å². The first-order chi connectivity index (χ1) is 9.29. The summed E-state index contributed by atoms with van der Waals surface area (Å²) in [4.78, 5) is -0.130. The van der Waals surface area contributed by atoms with Crippen LogP contribution in [0.25, 0.3) is 0 Å². The van der Waals surface area contributed by atoms with Crippen LogP contribution in [0.3, 0.4) is 0 Å². The lowest BCUT2D eigenvalue weighted by molar-refractivity contribution is 0.509. The molecule has 106 valence electrons. The first kappa shape index (κ1) is 14.7. The molecule has 0 radical (unpaired) electrons. The molecular weight excluding hydrogens is 308 g/mol. The van der Waals surface area contributed by atoms with Crippen LogP contribution in [-0.2, 0) is 10.0 Å². The zero-order chi connectivity index (χ0) is 14.9. The van der Waals surface area contributed by atoms with E-state index < -0.39 is 21.7 Å². The Morgan fingerprint density at radius 1 is 1.05 bits per heavy atom. The number of hydrogen-bond acceptors (Lipinski definition) is 2. The maximum Gasteiger partial charge on any atom is 0.263 e. The summed E-state index contributed by atoms with van der Waals surface area (Å²) in [5.74, 6) is -2.19. The number of sulfonamides is 1. The van der Waals surface area contributed by atoms with Gasteiger partial charge in [0.05, 0.1) is 10.7 Å². The molecule has 20 heavy (non-hydrogen) atoms. The lowest BCUT2D eigenvalue weighted by Crippen LogP contribution is -2.13. The van der Waals surface area contributed by atoms with Gasteiger partial charge in [-0.15, -0.1) is 0 Å². The van der Waals surface area contributed by atoms with Crippen LogP contribution in [0, 0.1) is 18.6 Å². The van der Waals surface area contributed by atoms with E-state index in [1.54, 1.807) is 13.0 Å². The van der Waals surface area contributed by atoms with Crippen molar-refractivity contribution in [1.29, 1.82) is 0 Å². The van der Waals surface area contributed by atoms with Crippen molar-refractivity contribution < 1.29 is 17.2 Å². The first-order valence-electron chi connectivity index (χ1n) is 5.53. The average Bonchev–Trinajstić information content (AvgIpc) is 2.33. The fourth-order valence-corrected chi connectivity index (χ4v) is 3.24. The molecule has 0 saturated carbocycles. The number of aryl methyl sites for hydroxylation is 1. The van der Waals surface area contributed by atoms with Gasteiger partial charge in [-0.2, -0.15) is 0 Å². The molecule has 0 fully saturated rings. The van der Waals surface area contributed by atoms with Crippen molar-refractivity contribution in [3.05, 3.63) is 58.6 Å². The summed E-state index contributed by atoms with van der Waals surface area (Å²) in [6.45, 7) is 1.77. The van der Waals surface area contributed by atoms with Crippen molar-refractivity contribution in [2.45, 2.75) is 11.8 Å². The zero-order valence-electron chi connectivity index (χ0n) is 10.3. The van der Waals surface area contributed by atoms with E-state index in [-0.39, 0.29) is 15.6 Å². The third-order valence-electron chi connectivity index (χ3n) is 2.55. The first-order valence-corrected chi connectivity index (χ1v) is 7.40. The fraction of sp³-hybridized carbons (Fsp3) is 0.0769. The molecule has 0 saturated heterocycles. The molecule has 0 aliphatic rings. The maximum absolute atomic E-state index is 13.1. The van der Waals surface area contributed by atoms with Crippen molar-refractivity contribution in [2.75, 3.05) is 4.72 Å². The van der Waals surface area contributed by atoms with Gasteiger partial charge in [-0.3, -0.25) is 4.72 Å². The number of hydrogen-bond donors (Lipinski definition) is 1. The molecule has 0 heterocycles. The molecule has 2 aromatic carbocycles. The van der Waals surface area contributed by atoms with Gasteiger partial charge in [0.2, 0.25) is 0 Å². The standard InChI is InChI=1S/C13H10ClF2NO2S/c1-8-2-5-13(10(14)6-8)20(18,19)17-9-3-4-11(15)12(16)7-9/h2-7,17H,1H3. The highest BCUT2D eigenvalue weighted by Gasteiger charge is 2.18. The highest BCUT2D eigenvalue weighted by molar-refractivity contribution is 7.92. The quantitative estimate of drug-likeness (QED) is 0.937. The second kappa shape index (κ2) is 5.38. The van der Waals surface area contributed by atoms with Gasteiger partial charge in [-0.1, -0.05) is 17.7 Å². The van der Waals surface area contributed by atoms with E-state index in [9.17, 15) is 17.2 Å². The number of anilines is 1. The van der Waals surface area contributed by atoms with E-state index in [0.29, 0.717) is 0 Å². The van der Waals surface area contributed by atoms with E-state index in [1.165, 1.54) is 12.1 Å². The minimum Gasteiger partial charge on any atom is -0.279 e. The van der Waals surface area contributed by atoms with Crippen LogP contribution in [0.15, 0.2) is 41.3 Å². The Morgan fingerprint density at radius 3 is 2.35 bits per heavy atom. The largest absolute Gasteiger partial charge is 0.279 e. The lowest BCUT2D eigenvalue weighted by Gasteiger charge is -2.10. The van der Waals surface area contributed by atoms with Gasteiger partial charge in [-0.25, -0.2) is 17.2 Å². The molecule has 0 unspecified atom stereocenters. The molecular formula is C13H10ClF2NO2S. The van der Waals surface area contributed by atoms with Crippen molar-refractivity contribution >= 4 is 27.3 Å². The van der Waals surface area contributed by atoms with Crippen LogP contribution in [0.5, 0.6) is 0 Å². The fourth-order valence-electron chi connectivity index (χ4n) is 1.59. The number of halogens is 3. The van der Waals surface area contributed by atoms with Gasteiger partial charge in [-0.05, 0) is 36.8 Å². The monoisotopic (exact) mass is 317 g/mol. The topological polar surface area (TPSA) is 46.2 Å². The van der Waals surface area contributed by atoms with E-state index in [4.69, 9.17) is 11.6 Å². The van der Waals surface area contributed by atoms with Gasteiger partial charge < -0.3 is 0 Å².